The van der Waals surface area contributed by atoms with Crippen molar-refractivity contribution in [3.05, 3.63) is 59.2 Å². The molecule has 2 aromatic carbocycles. The van der Waals surface area contributed by atoms with Gasteiger partial charge >= 0.3 is 0 Å². The van der Waals surface area contributed by atoms with Crippen molar-refractivity contribution in [1.82, 2.24) is 9.97 Å². The number of fused-ring (bicyclic) bond motifs is 1. The van der Waals surface area contributed by atoms with Gasteiger partial charge in [-0.3, -0.25) is 5.43 Å². The van der Waals surface area contributed by atoms with E-state index in [4.69, 9.17) is 11.6 Å². The second-order valence-electron chi connectivity index (χ2n) is 4.28. The van der Waals surface area contributed by atoms with Crippen LogP contribution in [0.1, 0.15) is 5.56 Å². The number of hydrazone groups is 1. The van der Waals surface area contributed by atoms with Gasteiger partial charge in [0.25, 0.3) is 0 Å². The second-order valence-corrected chi connectivity index (χ2v) is 4.64. The number of rotatable bonds is 3. The Morgan fingerprint density at radius 1 is 1.00 bits per heavy atom. The molecule has 104 valence electrons. The first-order valence-electron chi connectivity index (χ1n) is 6.23. The number of aromatic nitrogens is 2. The Kier molecular flexibility index (Phi) is 3.66. The summed E-state index contributed by atoms with van der Waals surface area (Å²) in [5.41, 5.74) is 4.77. The van der Waals surface area contributed by atoms with E-state index in [0.717, 1.165) is 11.0 Å². The predicted octanol–water partition coefficient (Wildman–Crippen LogP) is 3.43. The van der Waals surface area contributed by atoms with Gasteiger partial charge in [-0.05, 0) is 24.3 Å². The molecule has 1 heterocycles. The van der Waals surface area contributed by atoms with Gasteiger partial charge in [0.1, 0.15) is 5.75 Å². The summed E-state index contributed by atoms with van der Waals surface area (Å²) < 4.78 is 0. The van der Waals surface area contributed by atoms with E-state index in [1.807, 2.05) is 30.3 Å². The summed E-state index contributed by atoms with van der Waals surface area (Å²) in [7, 11) is 0. The van der Waals surface area contributed by atoms with E-state index in [2.05, 4.69) is 20.5 Å². The zero-order chi connectivity index (χ0) is 14.7. The monoisotopic (exact) mass is 298 g/mol. The number of halogens is 1. The van der Waals surface area contributed by atoms with Crippen LogP contribution in [0.5, 0.6) is 5.75 Å². The summed E-state index contributed by atoms with van der Waals surface area (Å²) >= 11 is 6.06. The van der Waals surface area contributed by atoms with Crippen molar-refractivity contribution < 1.29 is 5.11 Å². The number of anilines is 1. The highest BCUT2D eigenvalue weighted by Gasteiger charge is 2.05. The highest BCUT2D eigenvalue weighted by atomic mass is 35.5. The molecular formula is C15H11ClN4O. The van der Waals surface area contributed by atoms with Gasteiger partial charge in [0.2, 0.25) is 0 Å². The number of nitrogens with zero attached hydrogens (tertiary/aromatic N) is 3. The quantitative estimate of drug-likeness (QED) is 0.574. The first kappa shape index (κ1) is 13.3. The van der Waals surface area contributed by atoms with Crippen LogP contribution in [0.4, 0.5) is 5.82 Å². The minimum Gasteiger partial charge on any atom is -0.507 e. The molecule has 0 spiro atoms. The van der Waals surface area contributed by atoms with Gasteiger partial charge < -0.3 is 5.11 Å². The fraction of sp³-hybridized carbons (Fsp3) is 0. The van der Waals surface area contributed by atoms with Crippen LogP contribution in [-0.2, 0) is 0 Å². The van der Waals surface area contributed by atoms with E-state index in [9.17, 15) is 5.11 Å². The number of phenols is 1. The summed E-state index contributed by atoms with van der Waals surface area (Å²) in [4.78, 5) is 8.58. The Bertz CT molecular complexity index is 820. The highest BCUT2D eigenvalue weighted by Crippen LogP contribution is 2.21. The molecule has 0 aliphatic rings. The molecule has 0 atom stereocenters. The minimum atomic E-state index is 0.152. The van der Waals surface area contributed by atoms with Gasteiger partial charge in [-0.15, -0.1) is 0 Å². The van der Waals surface area contributed by atoms with Crippen LogP contribution in [0.3, 0.4) is 0 Å². The van der Waals surface area contributed by atoms with Crippen LogP contribution in [0.25, 0.3) is 11.0 Å². The Balaban J connectivity index is 1.85. The van der Waals surface area contributed by atoms with Crippen LogP contribution < -0.4 is 5.43 Å². The molecule has 0 aliphatic carbocycles. The maximum absolute atomic E-state index is 9.63. The summed E-state index contributed by atoms with van der Waals surface area (Å²) in [5.74, 6) is 0.515. The van der Waals surface area contributed by atoms with Gasteiger partial charge in [0.15, 0.2) is 11.0 Å². The van der Waals surface area contributed by atoms with E-state index < -0.39 is 0 Å². The third-order valence-corrected chi connectivity index (χ3v) is 3.10. The molecule has 3 rings (SSSR count). The van der Waals surface area contributed by atoms with Crippen LogP contribution in [0.2, 0.25) is 5.15 Å². The largest absolute Gasteiger partial charge is 0.507 e. The number of para-hydroxylation sites is 3. The van der Waals surface area contributed by atoms with Crippen molar-refractivity contribution in [2.45, 2.75) is 0 Å². The molecule has 0 radical (unpaired) electrons. The average molecular weight is 299 g/mol. The number of benzene rings is 2. The normalized spacial score (nSPS) is 11.1. The summed E-state index contributed by atoms with van der Waals surface area (Å²) in [6.07, 6.45) is 1.49. The smallest absolute Gasteiger partial charge is 0.185 e. The molecule has 0 saturated carbocycles. The fourth-order valence-corrected chi connectivity index (χ4v) is 1.98. The zero-order valence-corrected chi connectivity index (χ0v) is 11.6. The van der Waals surface area contributed by atoms with Crippen molar-refractivity contribution in [2.75, 3.05) is 5.43 Å². The SMILES string of the molecule is Oc1ccccc1C=NNc1nc2ccccc2nc1Cl. The van der Waals surface area contributed by atoms with Gasteiger partial charge in [-0.2, -0.15) is 5.10 Å². The molecule has 1 aromatic heterocycles. The fourth-order valence-electron chi connectivity index (χ4n) is 1.81. The topological polar surface area (TPSA) is 70.4 Å². The minimum absolute atomic E-state index is 0.152. The molecule has 0 bridgehead atoms. The molecule has 3 aromatic rings. The van der Waals surface area contributed by atoms with Gasteiger partial charge in [-0.1, -0.05) is 35.9 Å². The van der Waals surface area contributed by atoms with E-state index in [1.54, 1.807) is 18.2 Å². The molecule has 2 N–H and O–H groups in total. The molecular weight excluding hydrogens is 288 g/mol. The van der Waals surface area contributed by atoms with Gasteiger partial charge in [0, 0.05) is 5.56 Å². The maximum atomic E-state index is 9.63. The molecule has 21 heavy (non-hydrogen) atoms. The number of aromatic hydroxyl groups is 1. The number of phenolic OH excluding ortho intramolecular Hbond substituents is 1. The lowest BCUT2D eigenvalue weighted by molar-refractivity contribution is 0.474. The van der Waals surface area contributed by atoms with Crippen LogP contribution in [0, 0.1) is 0 Å². The molecule has 0 aliphatic heterocycles. The summed E-state index contributed by atoms with van der Waals surface area (Å²) in [6.45, 7) is 0. The first-order valence-corrected chi connectivity index (χ1v) is 6.61. The number of hydrogen-bond acceptors (Lipinski definition) is 5. The Morgan fingerprint density at radius 2 is 1.67 bits per heavy atom. The molecule has 0 unspecified atom stereocenters. The molecule has 5 nitrogen and oxygen atoms in total. The number of hydrogen-bond donors (Lipinski definition) is 2. The number of nitrogens with one attached hydrogen (secondary N) is 1. The maximum Gasteiger partial charge on any atom is 0.185 e. The lowest BCUT2D eigenvalue weighted by Crippen LogP contribution is -1.97. The molecule has 0 amide bonds. The zero-order valence-electron chi connectivity index (χ0n) is 10.9. The standard InChI is InChI=1S/C15H11ClN4O/c16-14-15(19-12-7-3-2-6-11(12)18-14)20-17-9-10-5-1-4-8-13(10)21/h1-9,21H,(H,19,20). The Morgan fingerprint density at radius 3 is 2.43 bits per heavy atom. The summed E-state index contributed by atoms with van der Waals surface area (Å²) in [6, 6.07) is 14.3. The van der Waals surface area contributed by atoms with Crippen LogP contribution >= 0.6 is 11.6 Å². The first-order chi connectivity index (χ1) is 10.2. The summed E-state index contributed by atoms with van der Waals surface area (Å²) in [5, 5.41) is 13.9. The van der Waals surface area contributed by atoms with Crippen molar-refractivity contribution in [1.29, 1.82) is 0 Å². The van der Waals surface area contributed by atoms with Crippen molar-refractivity contribution in [3.8, 4) is 5.75 Å². The molecule has 0 saturated heterocycles. The van der Waals surface area contributed by atoms with E-state index >= 15 is 0 Å². The third-order valence-electron chi connectivity index (χ3n) is 2.84. The van der Waals surface area contributed by atoms with E-state index in [0.29, 0.717) is 11.4 Å². The van der Waals surface area contributed by atoms with Gasteiger partial charge in [0.05, 0.1) is 17.2 Å². The Hall–Kier alpha value is -2.66. The predicted molar refractivity (Wildman–Crippen MR) is 83.9 cm³/mol. The van der Waals surface area contributed by atoms with Crippen molar-refractivity contribution in [2.24, 2.45) is 5.10 Å². The van der Waals surface area contributed by atoms with Crippen molar-refractivity contribution in [3.63, 3.8) is 0 Å². The lowest BCUT2D eigenvalue weighted by atomic mass is 10.2. The highest BCUT2D eigenvalue weighted by molar-refractivity contribution is 6.32. The van der Waals surface area contributed by atoms with E-state index in [-0.39, 0.29) is 10.9 Å². The van der Waals surface area contributed by atoms with Gasteiger partial charge in [-0.25, -0.2) is 9.97 Å². The third kappa shape index (κ3) is 2.93. The van der Waals surface area contributed by atoms with Crippen molar-refractivity contribution >= 4 is 34.7 Å². The van der Waals surface area contributed by atoms with E-state index in [1.165, 1.54) is 6.21 Å². The second kappa shape index (κ2) is 5.76. The lowest BCUT2D eigenvalue weighted by Gasteiger charge is -2.04. The Labute approximate surface area is 125 Å². The molecule has 0 fully saturated rings. The average Bonchev–Trinajstić information content (AvgIpc) is 2.49. The molecule has 6 heteroatoms. The van der Waals surface area contributed by atoms with Crippen LogP contribution in [-0.4, -0.2) is 21.3 Å². The van der Waals surface area contributed by atoms with Crippen LogP contribution in [0.15, 0.2) is 53.6 Å².